The van der Waals surface area contributed by atoms with Crippen molar-refractivity contribution in [3.63, 3.8) is 0 Å². The minimum Gasteiger partial charge on any atom is -0.373 e. The van der Waals surface area contributed by atoms with E-state index in [-0.39, 0.29) is 5.91 Å². The van der Waals surface area contributed by atoms with Crippen molar-refractivity contribution >= 4 is 29.0 Å². The fraction of sp³-hybridized carbons (Fsp3) is 0.231. The zero-order valence-corrected chi connectivity index (χ0v) is 20.6. The number of aromatic nitrogens is 5. The highest BCUT2D eigenvalue weighted by Gasteiger charge is 2.25. The number of hydrogen-bond acceptors (Lipinski definition) is 8. The van der Waals surface area contributed by atoms with Gasteiger partial charge < -0.3 is 16.0 Å². The average Bonchev–Trinajstić information content (AvgIpc) is 3.38. The SMILES string of the molecule is CCC(C)(C#N)c1cccc(C(=O)Nc2ccc(C)c(Nc3ncnn3-c3cc(NC)ncn3)c2)c1. The van der Waals surface area contributed by atoms with E-state index in [2.05, 4.69) is 42.1 Å². The van der Waals surface area contributed by atoms with Gasteiger partial charge in [0.25, 0.3) is 5.91 Å². The van der Waals surface area contributed by atoms with E-state index in [1.54, 1.807) is 36.0 Å². The number of nitriles is 1. The standard InChI is InChI=1S/C26H27N9O/c1-5-26(3,14-27)19-8-6-7-18(11-19)24(36)33-20-10-9-17(2)21(12-20)34-25-31-16-32-35(25)23-13-22(28-4)29-15-30-23/h6-13,15-16H,5H2,1-4H3,(H,33,36)(H,28,29,30)(H,31,32,34). The van der Waals surface area contributed by atoms with E-state index in [1.807, 2.05) is 45.0 Å². The summed E-state index contributed by atoms with van der Waals surface area (Å²) in [4.78, 5) is 25.7. The van der Waals surface area contributed by atoms with Crippen LogP contribution in [0, 0.1) is 18.3 Å². The number of rotatable bonds is 8. The van der Waals surface area contributed by atoms with E-state index in [9.17, 15) is 10.1 Å². The Balaban J connectivity index is 1.56. The van der Waals surface area contributed by atoms with E-state index >= 15 is 0 Å². The molecule has 0 aliphatic rings. The van der Waals surface area contributed by atoms with E-state index < -0.39 is 5.41 Å². The quantitative estimate of drug-likeness (QED) is 0.333. The summed E-state index contributed by atoms with van der Waals surface area (Å²) in [6, 6.07) is 16.9. The minimum absolute atomic E-state index is 0.258. The second kappa shape index (κ2) is 10.2. The van der Waals surface area contributed by atoms with Crippen LogP contribution in [-0.2, 0) is 5.41 Å². The van der Waals surface area contributed by atoms with E-state index in [4.69, 9.17) is 0 Å². The molecule has 10 nitrogen and oxygen atoms in total. The van der Waals surface area contributed by atoms with Gasteiger partial charge in [-0.1, -0.05) is 25.1 Å². The first-order valence-electron chi connectivity index (χ1n) is 11.5. The monoisotopic (exact) mass is 481 g/mol. The lowest BCUT2D eigenvalue weighted by molar-refractivity contribution is 0.102. The molecule has 2 heterocycles. The van der Waals surface area contributed by atoms with Gasteiger partial charge in [-0.3, -0.25) is 4.79 Å². The first-order valence-corrected chi connectivity index (χ1v) is 11.5. The molecule has 0 radical (unpaired) electrons. The summed E-state index contributed by atoms with van der Waals surface area (Å²) in [5, 5.41) is 23.1. The van der Waals surface area contributed by atoms with Crippen molar-refractivity contribution in [2.75, 3.05) is 23.0 Å². The Hall–Kier alpha value is -4.78. The smallest absolute Gasteiger partial charge is 0.255 e. The third-order valence-electron chi connectivity index (χ3n) is 6.13. The predicted molar refractivity (Wildman–Crippen MR) is 139 cm³/mol. The molecule has 10 heteroatoms. The van der Waals surface area contributed by atoms with Gasteiger partial charge in [-0.25, -0.2) is 9.97 Å². The maximum absolute atomic E-state index is 13.0. The second-order valence-electron chi connectivity index (χ2n) is 8.49. The van der Waals surface area contributed by atoms with Crippen LogP contribution in [-0.4, -0.2) is 37.7 Å². The van der Waals surface area contributed by atoms with Gasteiger partial charge in [0, 0.05) is 30.1 Å². The second-order valence-corrected chi connectivity index (χ2v) is 8.49. The molecule has 1 atom stereocenters. The summed E-state index contributed by atoms with van der Waals surface area (Å²) in [7, 11) is 1.78. The van der Waals surface area contributed by atoms with Crippen LogP contribution in [0.25, 0.3) is 5.82 Å². The van der Waals surface area contributed by atoms with Crippen molar-refractivity contribution in [1.82, 2.24) is 24.7 Å². The lowest BCUT2D eigenvalue weighted by atomic mass is 9.81. The Morgan fingerprint density at radius 3 is 2.69 bits per heavy atom. The van der Waals surface area contributed by atoms with Crippen LogP contribution in [0.4, 0.5) is 23.1 Å². The fourth-order valence-corrected chi connectivity index (χ4v) is 3.60. The molecule has 2 aromatic heterocycles. The molecule has 0 fully saturated rings. The first-order chi connectivity index (χ1) is 17.4. The van der Waals surface area contributed by atoms with Gasteiger partial charge in [-0.05, 0) is 55.7 Å². The molecule has 0 saturated carbocycles. The molecular weight excluding hydrogens is 454 g/mol. The number of benzene rings is 2. The molecule has 0 aliphatic heterocycles. The lowest BCUT2D eigenvalue weighted by Crippen LogP contribution is -2.19. The van der Waals surface area contributed by atoms with Crippen LogP contribution in [0.3, 0.4) is 0 Å². The molecule has 0 bridgehead atoms. The van der Waals surface area contributed by atoms with Crippen LogP contribution in [0.15, 0.2) is 61.2 Å². The van der Waals surface area contributed by atoms with Crippen molar-refractivity contribution in [3.8, 4) is 11.9 Å². The summed E-state index contributed by atoms with van der Waals surface area (Å²) in [6.07, 6.45) is 3.53. The Bertz CT molecular complexity index is 1440. The van der Waals surface area contributed by atoms with Crippen LogP contribution in [0.5, 0.6) is 0 Å². The molecule has 1 amide bonds. The van der Waals surface area contributed by atoms with Crippen molar-refractivity contribution in [2.24, 2.45) is 0 Å². The highest BCUT2D eigenvalue weighted by Crippen LogP contribution is 2.28. The van der Waals surface area contributed by atoms with Gasteiger partial charge in [0.1, 0.15) is 18.5 Å². The van der Waals surface area contributed by atoms with Gasteiger partial charge in [0.2, 0.25) is 5.95 Å². The third-order valence-corrected chi connectivity index (χ3v) is 6.13. The number of carbonyl (C=O) groups excluding carboxylic acids is 1. The normalized spacial score (nSPS) is 12.3. The summed E-state index contributed by atoms with van der Waals surface area (Å²) in [5.74, 6) is 1.41. The molecule has 36 heavy (non-hydrogen) atoms. The largest absolute Gasteiger partial charge is 0.373 e. The summed E-state index contributed by atoms with van der Waals surface area (Å²) < 4.78 is 1.57. The van der Waals surface area contributed by atoms with Crippen LogP contribution >= 0.6 is 0 Å². The highest BCUT2D eigenvalue weighted by atomic mass is 16.1. The van der Waals surface area contributed by atoms with E-state index in [1.165, 1.54) is 12.7 Å². The van der Waals surface area contributed by atoms with Gasteiger partial charge in [0.15, 0.2) is 5.82 Å². The van der Waals surface area contributed by atoms with Crippen LogP contribution < -0.4 is 16.0 Å². The number of carbonyl (C=O) groups is 1. The Morgan fingerprint density at radius 2 is 1.94 bits per heavy atom. The van der Waals surface area contributed by atoms with Gasteiger partial charge in [-0.15, -0.1) is 0 Å². The zero-order chi connectivity index (χ0) is 25.7. The number of hydrogen-bond donors (Lipinski definition) is 3. The summed E-state index contributed by atoms with van der Waals surface area (Å²) >= 11 is 0. The van der Waals surface area contributed by atoms with Gasteiger partial charge in [-0.2, -0.15) is 20.0 Å². The average molecular weight is 482 g/mol. The molecule has 0 saturated heterocycles. The maximum atomic E-state index is 13.0. The number of nitrogens with one attached hydrogen (secondary N) is 3. The molecular formula is C26H27N9O. The van der Waals surface area contributed by atoms with Crippen molar-refractivity contribution in [1.29, 1.82) is 5.26 Å². The first kappa shape index (κ1) is 24.3. The molecule has 3 N–H and O–H groups in total. The Morgan fingerprint density at radius 1 is 1.11 bits per heavy atom. The van der Waals surface area contributed by atoms with Crippen molar-refractivity contribution in [2.45, 2.75) is 32.6 Å². The molecule has 0 spiro atoms. The number of anilines is 4. The molecule has 4 rings (SSSR count). The third kappa shape index (κ3) is 5.00. The minimum atomic E-state index is -0.648. The Kier molecular flexibility index (Phi) is 6.92. The predicted octanol–water partition coefficient (Wildman–Crippen LogP) is 4.59. The van der Waals surface area contributed by atoms with E-state index in [0.29, 0.717) is 35.3 Å². The molecule has 0 aliphatic carbocycles. The van der Waals surface area contributed by atoms with Crippen molar-refractivity contribution < 1.29 is 4.79 Å². The maximum Gasteiger partial charge on any atom is 0.255 e. The lowest BCUT2D eigenvalue weighted by Gasteiger charge is -2.20. The molecule has 2 aromatic carbocycles. The number of aryl methyl sites for hydroxylation is 1. The van der Waals surface area contributed by atoms with E-state index in [0.717, 1.165) is 16.8 Å². The van der Waals surface area contributed by atoms with Crippen LogP contribution in [0.1, 0.15) is 41.8 Å². The van der Waals surface area contributed by atoms with Crippen LogP contribution in [0.2, 0.25) is 0 Å². The molecule has 4 aromatic rings. The number of nitrogens with zero attached hydrogens (tertiary/aromatic N) is 6. The topological polar surface area (TPSA) is 133 Å². The molecule has 182 valence electrons. The van der Waals surface area contributed by atoms with Gasteiger partial charge in [0.05, 0.1) is 11.5 Å². The number of amides is 1. The summed E-state index contributed by atoms with van der Waals surface area (Å²) in [6.45, 7) is 5.79. The van der Waals surface area contributed by atoms with Gasteiger partial charge >= 0.3 is 0 Å². The highest BCUT2D eigenvalue weighted by molar-refractivity contribution is 6.04. The molecule has 1 unspecified atom stereocenters. The fourth-order valence-electron chi connectivity index (χ4n) is 3.60. The zero-order valence-electron chi connectivity index (χ0n) is 20.6. The van der Waals surface area contributed by atoms with Crippen molar-refractivity contribution in [3.05, 3.63) is 77.9 Å². The Labute approximate surface area is 209 Å². The summed E-state index contributed by atoms with van der Waals surface area (Å²) in [5.41, 5.74) is 2.98.